The lowest BCUT2D eigenvalue weighted by atomic mass is 10.2. The molecule has 0 amide bonds. The molecule has 0 unspecified atom stereocenters. The van der Waals surface area contributed by atoms with Gasteiger partial charge < -0.3 is 13.9 Å². The van der Waals surface area contributed by atoms with Crippen molar-refractivity contribution in [1.82, 2.24) is 15.0 Å². The first-order valence-electron chi connectivity index (χ1n) is 8.20. The van der Waals surface area contributed by atoms with E-state index in [1.807, 2.05) is 42.5 Å². The monoisotopic (exact) mass is 361 g/mol. The summed E-state index contributed by atoms with van der Waals surface area (Å²) >= 11 is 0. The average Bonchev–Trinajstić information content (AvgIpc) is 3.21. The lowest BCUT2D eigenvalue weighted by molar-refractivity contribution is 0.0460. The Kier molecular flexibility index (Phi) is 4.49. The number of ether oxygens (including phenoxy) is 2. The van der Waals surface area contributed by atoms with Crippen LogP contribution in [-0.4, -0.2) is 28.0 Å². The van der Waals surface area contributed by atoms with E-state index in [2.05, 4.69) is 15.0 Å². The summed E-state index contributed by atoms with van der Waals surface area (Å²) in [5.74, 6) is 0.618. The highest BCUT2D eigenvalue weighted by Crippen LogP contribution is 2.22. The van der Waals surface area contributed by atoms with Gasteiger partial charge in [0.15, 0.2) is 5.69 Å². The highest BCUT2D eigenvalue weighted by Gasteiger charge is 2.13. The molecule has 0 atom stereocenters. The number of methoxy groups -OCH3 is 1. The fourth-order valence-corrected chi connectivity index (χ4v) is 2.51. The summed E-state index contributed by atoms with van der Waals surface area (Å²) in [7, 11) is 1.60. The van der Waals surface area contributed by atoms with Crippen molar-refractivity contribution in [2.45, 2.75) is 6.61 Å². The fourth-order valence-electron chi connectivity index (χ4n) is 2.51. The molecule has 4 aromatic rings. The average molecular weight is 361 g/mol. The molecule has 7 heteroatoms. The third-order valence-electron chi connectivity index (χ3n) is 3.90. The molecule has 27 heavy (non-hydrogen) atoms. The van der Waals surface area contributed by atoms with Crippen LogP contribution in [0.1, 0.15) is 16.2 Å². The normalized spacial score (nSPS) is 10.7. The number of fused-ring (bicyclic) bond motifs is 1. The van der Waals surface area contributed by atoms with Gasteiger partial charge in [-0.1, -0.05) is 12.1 Å². The molecular weight excluding hydrogens is 346 g/mol. The number of nitrogens with zero attached hydrogens (tertiary/aromatic N) is 3. The number of oxazole rings is 1. The van der Waals surface area contributed by atoms with E-state index in [1.54, 1.807) is 13.2 Å². The minimum Gasteiger partial charge on any atom is -0.497 e. The molecule has 0 fully saturated rings. The quantitative estimate of drug-likeness (QED) is 0.501. The van der Waals surface area contributed by atoms with E-state index in [1.165, 1.54) is 12.5 Å². The number of para-hydroxylation sites is 2. The second kappa shape index (κ2) is 7.25. The van der Waals surface area contributed by atoms with Gasteiger partial charge in [0.2, 0.25) is 5.89 Å². The molecule has 0 saturated heterocycles. The van der Waals surface area contributed by atoms with E-state index in [-0.39, 0.29) is 12.3 Å². The number of hydrogen-bond donors (Lipinski definition) is 0. The Morgan fingerprint density at radius 2 is 1.81 bits per heavy atom. The topological polar surface area (TPSA) is 87.3 Å². The summed E-state index contributed by atoms with van der Waals surface area (Å²) in [6.07, 6.45) is 2.86. The van der Waals surface area contributed by atoms with Crippen LogP contribution in [0.5, 0.6) is 5.75 Å². The van der Waals surface area contributed by atoms with E-state index in [9.17, 15) is 4.79 Å². The Morgan fingerprint density at radius 1 is 1.04 bits per heavy atom. The van der Waals surface area contributed by atoms with Gasteiger partial charge >= 0.3 is 5.97 Å². The van der Waals surface area contributed by atoms with Gasteiger partial charge in [-0.3, -0.25) is 4.98 Å². The fraction of sp³-hybridized carbons (Fsp3) is 0.100. The Balaban J connectivity index is 1.43. The van der Waals surface area contributed by atoms with Crippen molar-refractivity contribution in [1.29, 1.82) is 0 Å². The van der Waals surface area contributed by atoms with Crippen molar-refractivity contribution in [3.63, 3.8) is 0 Å². The van der Waals surface area contributed by atoms with E-state index < -0.39 is 5.97 Å². The molecular formula is C20H15N3O4. The molecule has 2 aromatic carbocycles. The SMILES string of the molecule is COc1ccc(-c2nc(COC(=O)c3cnc4ccccc4n3)co2)cc1. The first kappa shape index (κ1) is 16.7. The molecule has 7 nitrogen and oxygen atoms in total. The second-order valence-corrected chi connectivity index (χ2v) is 5.69. The highest BCUT2D eigenvalue weighted by molar-refractivity contribution is 5.89. The zero-order chi connectivity index (χ0) is 18.6. The van der Waals surface area contributed by atoms with Crippen molar-refractivity contribution in [3.8, 4) is 17.2 Å². The molecule has 0 spiro atoms. The summed E-state index contributed by atoms with van der Waals surface area (Å²) in [6, 6.07) is 14.6. The second-order valence-electron chi connectivity index (χ2n) is 5.69. The minimum atomic E-state index is -0.567. The summed E-state index contributed by atoms with van der Waals surface area (Å²) in [4.78, 5) is 25.0. The maximum absolute atomic E-state index is 12.2. The largest absolute Gasteiger partial charge is 0.497 e. The number of carbonyl (C=O) groups is 1. The van der Waals surface area contributed by atoms with Crippen LogP contribution in [-0.2, 0) is 11.3 Å². The van der Waals surface area contributed by atoms with E-state index in [4.69, 9.17) is 13.9 Å². The number of rotatable bonds is 5. The molecule has 0 aliphatic carbocycles. The van der Waals surface area contributed by atoms with Crippen LogP contribution in [0.3, 0.4) is 0 Å². The maximum Gasteiger partial charge on any atom is 0.358 e. The van der Waals surface area contributed by atoms with Crippen molar-refractivity contribution in [3.05, 3.63) is 72.4 Å². The predicted molar refractivity (Wildman–Crippen MR) is 97.1 cm³/mol. The van der Waals surface area contributed by atoms with Crippen LogP contribution < -0.4 is 4.74 Å². The molecule has 0 bridgehead atoms. The van der Waals surface area contributed by atoms with Crippen LogP contribution in [0, 0.1) is 0 Å². The molecule has 0 aliphatic rings. The Morgan fingerprint density at radius 3 is 2.59 bits per heavy atom. The molecule has 0 N–H and O–H groups in total. The van der Waals surface area contributed by atoms with Crippen LogP contribution >= 0.6 is 0 Å². The van der Waals surface area contributed by atoms with Crippen molar-refractivity contribution >= 4 is 17.0 Å². The first-order valence-corrected chi connectivity index (χ1v) is 8.20. The van der Waals surface area contributed by atoms with Gasteiger partial charge in [0.25, 0.3) is 0 Å². The minimum absolute atomic E-state index is 0.0208. The number of carbonyl (C=O) groups excluding carboxylic acids is 1. The van der Waals surface area contributed by atoms with E-state index >= 15 is 0 Å². The van der Waals surface area contributed by atoms with Gasteiger partial charge in [-0.25, -0.2) is 14.8 Å². The molecule has 4 rings (SSSR count). The first-order chi connectivity index (χ1) is 13.2. The Bertz CT molecular complexity index is 1090. The van der Waals surface area contributed by atoms with Gasteiger partial charge in [-0.2, -0.15) is 0 Å². The number of benzene rings is 2. The van der Waals surface area contributed by atoms with Crippen LogP contribution in [0.2, 0.25) is 0 Å². The molecule has 2 heterocycles. The lowest BCUT2D eigenvalue weighted by Crippen LogP contribution is -2.08. The maximum atomic E-state index is 12.2. The number of hydrogen-bond acceptors (Lipinski definition) is 7. The summed E-state index contributed by atoms with van der Waals surface area (Å²) in [5.41, 5.74) is 2.80. The summed E-state index contributed by atoms with van der Waals surface area (Å²) in [5, 5.41) is 0. The van der Waals surface area contributed by atoms with Crippen LogP contribution in [0.25, 0.3) is 22.5 Å². The van der Waals surface area contributed by atoms with E-state index in [0.717, 1.165) is 16.8 Å². The van der Waals surface area contributed by atoms with Gasteiger partial charge in [0, 0.05) is 5.56 Å². The standard InChI is InChI=1S/C20H15N3O4/c1-25-15-8-6-13(7-9-15)19-22-14(11-26-19)12-27-20(24)18-10-21-16-4-2-3-5-17(16)23-18/h2-11H,12H2,1H3. The number of esters is 1. The van der Waals surface area contributed by atoms with Gasteiger partial charge in [-0.05, 0) is 36.4 Å². The number of aromatic nitrogens is 3. The van der Waals surface area contributed by atoms with Crippen LogP contribution in [0.4, 0.5) is 0 Å². The Hall–Kier alpha value is -3.74. The molecule has 2 aromatic heterocycles. The molecule has 0 saturated carbocycles. The zero-order valence-electron chi connectivity index (χ0n) is 14.5. The van der Waals surface area contributed by atoms with Gasteiger partial charge in [0.05, 0.1) is 24.3 Å². The Labute approximate surface area is 154 Å². The van der Waals surface area contributed by atoms with Crippen LogP contribution in [0.15, 0.2) is 65.4 Å². The smallest absolute Gasteiger partial charge is 0.358 e. The predicted octanol–water partition coefficient (Wildman–Crippen LogP) is 3.65. The van der Waals surface area contributed by atoms with Crippen molar-refractivity contribution in [2.75, 3.05) is 7.11 Å². The summed E-state index contributed by atoms with van der Waals surface area (Å²) in [6.45, 7) is -0.0208. The zero-order valence-corrected chi connectivity index (χ0v) is 14.5. The van der Waals surface area contributed by atoms with Crippen molar-refractivity contribution < 1.29 is 18.7 Å². The third kappa shape index (κ3) is 3.62. The highest BCUT2D eigenvalue weighted by atomic mass is 16.5. The molecule has 0 radical (unpaired) electrons. The molecule has 0 aliphatic heterocycles. The lowest BCUT2D eigenvalue weighted by Gasteiger charge is -2.03. The van der Waals surface area contributed by atoms with Gasteiger partial charge in [-0.15, -0.1) is 0 Å². The molecule has 134 valence electrons. The van der Waals surface area contributed by atoms with E-state index in [0.29, 0.717) is 17.1 Å². The van der Waals surface area contributed by atoms with Gasteiger partial charge in [0.1, 0.15) is 24.3 Å². The van der Waals surface area contributed by atoms with Crippen molar-refractivity contribution in [2.24, 2.45) is 0 Å². The summed E-state index contributed by atoms with van der Waals surface area (Å²) < 4.78 is 15.8. The third-order valence-corrected chi connectivity index (χ3v) is 3.90.